The van der Waals surface area contributed by atoms with Crippen molar-refractivity contribution in [3.63, 3.8) is 0 Å². The highest BCUT2D eigenvalue weighted by molar-refractivity contribution is 5.82. The summed E-state index contributed by atoms with van der Waals surface area (Å²) in [7, 11) is 0. The largest absolute Gasteiger partial charge is 0.253 e. The molecular weight excluding hydrogens is 194 g/mol. The molecule has 0 radical (unpaired) electrons. The van der Waals surface area contributed by atoms with E-state index in [-0.39, 0.29) is 0 Å². The van der Waals surface area contributed by atoms with E-state index in [4.69, 9.17) is 4.98 Å². The highest BCUT2D eigenvalue weighted by Gasteiger charge is 2.07. The van der Waals surface area contributed by atoms with E-state index in [0.717, 1.165) is 11.9 Å². The Morgan fingerprint density at radius 3 is 2.62 bits per heavy atom. The van der Waals surface area contributed by atoms with E-state index in [1.54, 1.807) is 0 Å². The van der Waals surface area contributed by atoms with Crippen LogP contribution in [0.4, 0.5) is 0 Å². The highest BCUT2D eigenvalue weighted by atomic mass is 14.7. The first-order valence-electron chi connectivity index (χ1n) is 6.11. The fourth-order valence-electron chi connectivity index (χ4n) is 2.04. The van der Waals surface area contributed by atoms with Crippen LogP contribution in [-0.4, -0.2) is 4.98 Å². The van der Waals surface area contributed by atoms with Gasteiger partial charge in [0.05, 0.1) is 5.52 Å². The molecule has 0 unspecified atom stereocenters. The average molecular weight is 213 g/mol. The topological polar surface area (TPSA) is 12.9 Å². The lowest BCUT2D eigenvalue weighted by Crippen LogP contribution is -1.97. The molecule has 1 heterocycles. The molecule has 2 rings (SSSR count). The van der Waals surface area contributed by atoms with Crippen LogP contribution in [0, 0.1) is 0 Å². The van der Waals surface area contributed by atoms with E-state index in [0.29, 0.717) is 5.92 Å². The number of rotatable bonds is 3. The number of nitrogens with zero attached hydrogens (tertiary/aromatic N) is 1. The molecule has 16 heavy (non-hydrogen) atoms. The Balaban J connectivity index is 2.63. The third-order valence-electron chi connectivity index (χ3n) is 2.93. The number of benzene rings is 1. The Morgan fingerprint density at radius 1 is 1.19 bits per heavy atom. The predicted molar refractivity (Wildman–Crippen MR) is 69.8 cm³/mol. The molecule has 0 N–H and O–H groups in total. The lowest BCUT2D eigenvalue weighted by Gasteiger charge is -2.10. The fraction of sp³-hybridized carbons (Fsp3) is 0.400. The Kier molecular flexibility index (Phi) is 3.23. The second kappa shape index (κ2) is 4.65. The lowest BCUT2D eigenvalue weighted by atomic mass is 10.00. The number of para-hydroxylation sites is 1. The van der Waals surface area contributed by atoms with Gasteiger partial charge in [-0.3, -0.25) is 4.98 Å². The minimum Gasteiger partial charge on any atom is -0.253 e. The fourth-order valence-corrected chi connectivity index (χ4v) is 2.04. The number of aromatic nitrogens is 1. The molecule has 0 saturated carbocycles. The summed E-state index contributed by atoms with van der Waals surface area (Å²) >= 11 is 0. The van der Waals surface area contributed by atoms with Crippen molar-refractivity contribution in [2.75, 3.05) is 0 Å². The first-order chi connectivity index (χ1) is 7.72. The monoisotopic (exact) mass is 213 g/mol. The zero-order valence-electron chi connectivity index (χ0n) is 10.3. The van der Waals surface area contributed by atoms with Crippen LogP contribution >= 0.6 is 0 Å². The molecule has 0 aliphatic rings. The molecule has 2 aromatic rings. The Labute approximate surface area is 97.5 Å². The van der Waals surface area contributed by atoms with Crippen LogP contribution < -0.4 is 0 Å². The molecule has 0 atom stereocenters. The van der Waals surface area contributed by atoms with Crippen LogP contribution in [0.15, 0.2) is 30.3 Å². The van der Waals surface area contributed by atoms with Crippen molar-refractivity contribution in [1.82, 2.24) is 4.98 Å². The maximum atomic E-state index is 4.72. The van der Waals surface area contributed by atoms with Crippen molar-refractivity contribution in [1.29, 1.82) is 0 Å². The second-order valence-electron chi connectivity index (χ2n) is 4.63. The molecule has 0 saturated heterocycles. The number of fused-ring (bicyclic) bond motifs is 1. The molecular formula is C15H19N. The molecule has 0 fully saturated rings. The summed E-state index contributed by atoms with van der Waals surface area (Å²) in [6.07, 6.45) is 2.33. The molecule has 0 bridgehead atoms. The first kappa shape index (κ1) is 11.1. The lowest BCUT2D eigenvalue weighted by molar-refractivity contribution is 0.821. The highest BCUT2D eigenvalue weighted by Crippen LogP contribution is 2.23. The van der Waals surface area contributed by atoms with E-state index in [1.807, 2.05) is 0 Å². The molecule has 84 valence electrons. The summed E-state index contributed by atoms with van der Waals surface area (Å²) in [6.45, 7) is 6.63. The maximum absolute atomic E-state index is 4.72. The van der Waals surface area contributed by atoms with Crippen LogP contribution in [0.25, 0.3) is 10.9 Å². The van der Waals surface area contributed by atoms with E-state index < -0.39 is 0 Å². The molecule has 1 aromatic carbocycles. The number of pyridine rings is 1. The van der Waals surface area contributed by atoms with Gasteiger partial charge in [0.25, 0.3) is 0 Å². The zero-order chi connectivity index (χ0) is 11.5. The van der Waals surface area contributed by atoms with Gasteiger partial charge in [-0.05, 0) is 30.0 Å². The standard InChI is InChI=1S/C15H19N/c1-4-7-12-10-15(11(2)3)16-14-9-6-5-8-13(12)14/h5-6,8-11H,4,7H2,1-3H3. The van der Waals surface area contributed by atoms with Gasteiger partial charge in [0.15, 0.2) is 0 Å². The number of hydrogen-bond donors (Lipinski definition) is 0. The average Bonchev–Trinajstić information content (AvgIpc) is 2.29. The second-order valence-corrected chi connectivity index (χ2v) is 4.63. The van der Waals surface area contributed by atoms with Gasteiger partial charge < -0.3 is 0 Å². The summed E-state index contributed by atoms with van der Waals surface area (Å²) in [5.74, 6) is 0.500. The van der Waals surface area contributed by atoms with Gasteiger partial charge in [0, 0.05) is 11.1 Å². The third-order valence-corrected chi connectivity index (χ3v) is 2.93. The summed E-state index contributed by atoms with van der Waals surface area (Å²) in [4.78, 5) is 4.72. The predicted octanol–water partition coefficient (Wildman–Crippen LogP) is 4.31. The van der Waals surface area contributed by atoms with Crippen LogP contribution in [0.5, 0.6) is 0 Å². The van der Waals surface area contributed by atoms with E-state index in [9.17, 15) is 0 Å². The van der Waals surface area contributed by atoms with Crippen LogP contribution in [0.1, 0.15) is 44.4 Å². The molecule has 1 aromatic heterocycles. The molecule has 0 spiro atoms. The summed E-state index contributed by atoms with van der Waals surface area (Å²) in [6, 6.07) is 10.7. The van der Waals surface area contributed by atoms with E-state index in [1.165, 1.54) is 23.1 Å². The van der Waals surface area contributed by atoms with Gasteiger partial charge in [-0.2, -0.15) is 0 Å². The molecule has 0 amide bonds. The normalized spacial score (nSPS) is 11.2. The minimum absolute atomic E-state index is 0.500. The van der Waals surface area contributed by atoms with Gasteiger partial charge in [0.2, 0.25) is 0 Å². The maximum Gasteiger partial charge on any atom is 0.0708 e. The van der Waals surface area contributed by atoms with Crippen LogP contribution in [-0.2, 0) is 6.42 Å². The van der Waals surface area contributed by atoms with Crippen molar-refractivity contribution < 1.29 is 0 Å². The van der Waals surface area contributed by atoms with Crippen molar-refractivity contribution in [3.05, 3.63) is 41.6 Å². The number of hydrogen-bond acceptors (Lipinski definition) is 1. The first-order valence-corrected chi connectivity index (χ1v) is 6.11. The molecule has 0 aliphatic carbocycles. The van der Waals surface area contributed by atoms with Gasteiger partial charge in [0.1, 0.15) is 0 Å². The van der Waals surface area contributed by atoms with Crippen molar-refractivity contribution in [3.8, 4) is 0 Å². The quantitative estimate of drug-likeness (QED) is 0.740. The van der Waals surface area contributed by atoms with Crippen molar-refractivity contribution in [2.24, 2.45) is 0 Å². The van der Waals surface area contributed by atoms with Crippen molar-refractivity contribution in [2.45, 2.75) is 39.5 Å². The molecule has 0 aliphatic heterocycles. The van der Waals surface area contributed by atoms with E-state index >= 15 is 0 Å². The number of aryl methyl sites for hydroxylation is 1. The zero-order valence-corrected chi connectivity index (χ0v) is 10.3. The smallest absolute Gasteiger partial charge is 0.0708 e. The third kappa shape index (κ3) is 2.08. The van der Waals surface area contributed by atoms with Gasteiger partial charge in [-0.25, -0.2) is 0 Å². The summed E-state index contributed by atoms with van der Waals surface area (Å²) in [5, 5.41) is 1.31. The summed E-state index contributed by atoms with van der Waals surface area (Å²) in [5.41, 5.74) is 3.79. The Morgan fingerprint density at radius 2 is 1.94 bits per heavy atom. The SMILES string of the molecule is CCCc1cc(C(C)C)nc2ccccc12. The van der Waals surface area contributed by atoms with Gasteiger partial charge in [-0.1, -0.05) is 45.4 Å². The Hall–Kier alpha value is -1.37. The van der Waals surface area contributed by atoms with Crippen LogP contribution in [0.3, 0.4) is 0 Å². The van der Waals surface area contributed by atoms with E-state index in [2.05, 4.69) is 51.1 Å². The molecule has 1 nitrogen and oxygen atoms in total. The van der Waals surface area contributed by atoms with Gasteiger partial charge >= 0.3 is 0 Å². The Bertz CT molecular complexity index is 486. The van der Waals surface area contributed by atoms with Crippen molar-refractivity contribution >= 4 is 10.9 Å². The van der Waals surface area contributed by atoms with Crippen LogP contribution in [0.2, 0.25) is 0 Å². The minimum atomic E-state index is 0.500. The molecule has 1 heteroatoms. The summed E-state index contributed by atoms with van der Waals surface area (Å²) < 4.78 is 0. The van der Waals surface area contributed by atoms with Gasteiger partial charge in [-0.15, -0.1) is 0 Å².